The fourth-order valence-corrected chi connectivity index (χ4v) is 3.49. The Labute approximate surface area is 149 Å². The number of sulfonamides is 1. The zero-order valence-corrected chi connectivity index (χ0v) is 15.6. The summed E-state index contributed by atoms with van der Waals surface area (Å²) in [6.45, 7) is 4.41. The van der Waals surface area contributed by atoms with Crippen molar-refractivity contribution in [1.82, 2.24) is 5.32 Å². The highest BCUT2D eigenvalue weighted by atomic mass is 32.2. The third kappa shape index (κ3) is 5.60. The van der Waals surface area contributed by atoms with Gasteiger partial charge in [0, 0.05) is 19.5 Å². The van der Waals surface area contributed by atoms with Gasteiger partial charge in [-0.2, -0.15) is 0 Å². The molecule has 0 bridgehead atoms. The van der Waals surface area contributed by atoms with Gasteiger partial charge in [0.05, 0.1) is 11.9 Å². The van der Waals surface area contributed by atoms with Crippen LogP contribution in [0.1, 0.15) is 23.1 Å². The predicted octanol–water partition coefficient (Wildman–Crippen LogP) is 2.78. The lowest BCUT2D eigenvalue weighted by Gasteiger charge is -2.23. The first-order chi connectivity index (χ1) is 11.8. The maximum atomic E-state index is 12.1. The average Bonchev–Trinajstić information content (AvgIpc) is 2.55. The van der Waals surface area contributed by atoms with Gasteiger partial charge in [0.15, 0.2) is 0 Å². The third-order valence-corrected chi connectivity index (χ3v) is 5.12. The van der Waals surface area contributed by atoms with Crippen LogP contribution in [0, 0.1) is 13.8 Å². The Morgan fingerprint density at radius 3 is 2.28 bits per heavy atom. The van der Waals surface area contributed by atoms with Crippen LogP contribution in [0.4, 0.5) is 5.69 Å². The van der Waals surface area contributed by atoms with E-state index in [4.69, 9.17) is 0 Å². The number of nitrogens with one attached hydrogen (secondary N) is 1. The number of benzene rings is 2. The van der Waals surface area contributed by atoms with Gasteiger partial charge in [-0.25, -0.2) is 8.42 Å². The molecule has 1 amide bonds. The number of rotatable bonds is 7. The second-order valence-electron chi connectivity index (χ2n) is 6.13. The number of hydrogen-bond acceptors (Lipinski definition) is 3. The minimum Gasteiger partial charge on any atom is -0.352 e. The number of anilines is 1. The van der Waals surface area contributed by atoms with Crippen molar-refractivity contribution >= 4 is 21.6 Å². The molecule has 2 rings (SSSR count). The van der Waals surface area contributed by atoms with E-state index in [0.717, 1.165) is 22.9 Å². The van der Waals surface area contributed by atoms with Crippen LogP contribution in [0.5, 0.6) is 0 Å². The smallest absolute Gasteiger partial charge is 0.232 e. The first kappa shape index (κ1) is 19.0. The number of carbonyl (C=O) groups excluding carboxylic acids is 1. The van der Waals surface area contributed by atoms with Crippen molar-refractivity contribution in [1.29, 1.82) is 0 Å². The molecule has 25 heavy (non-hydrogen) atoms. The van der Waals surface area contributed by atoms with Gasteiger partial charge in [-0.1, -0.05) is 48.0 Å². The highest BCUT2D eigenvalue weighted by Crippen LogP contribution is 2.22. The highest BCUT2D eigenvalue weighted by Gasteiger charge is 2.19. The van der Waals surface area contributed by atoms with Crippen LogP contribution in [0.25, 0.3) is 0 Å². The number of carbonyl (C=O) groups is 1. The van der Waals surface area contributed by atoms with Crippen molar-refractivity contribution < 1.29 is 13.2 Å². The summed E-state index contributed by atoms with van der Waals surface area (Å²) in [6.07, 6.45) is 1.26. The van der Waals surface area contributed by atoms with E-state index in [1.54, 1.807) is 12.1 Å². The monoisotopic (exact) mass is 360 g/mol. The molecule has 0 aliphatic rings. The lowest BCUT2D eigenvalue weighted by molar-refractivity contribution is -0.121. The van der Waals surface area contributed by atoms with Crippen LogP contribution < -0.4 is 9.62 Å². The van der Waals surface area contributed by atoms with E-state index in [9.17, 15) is 13.2 Å². The fraction of sp³-hybridized carbons (Fsp3) is 0.316. The Hall–Kier alpha value is -2.34. The lowest BCUT2D eigenvalue weighted by Crippen LogP contribution is -2.35. The zero-order chi connectivity index (χ0) is 18.4. The van der Waals surface area contributed by atoms with Crippen LogP contribution in [0.2, 0.25) is 0 Å². The molecule has 6 heteroatoms. The molecule has 0 atom stereocenters. The topological polar surface area (TPSA) is 66.5 Å². The Kier molecular flexibility index (Phi) is 6.20. The minimum absolute atomic E-state index is 0.104. The van der Waals surface area contributed by atoms with E-state index in [1.807, 2.05) is 50.2 Å². The molecule has 0 spiro atoms. The van der Waals surface area contributed by atoms with E-state index in [2.05, 4.69) is 5.32 Å². The summed E-state index contributed by atoms with van der Waals surface area (Å²) in [7, 11) is -3.45. The van der Waals surface area contributed by atoms with Crippen molar-refractivity contribution in [3.8, 4) is 0 Å². The third-order valence-electron chi connectivity index (χ3n) is 3.94. The van der Waals surface area contributed by atoms with Gasteiger partial charge in [0.1, 0.15) is 0 Å². The number of amides is 1. The SMILES string of the molecule is Cc1ccc(CNC(=O)CCN(c2ccccc2C)S(C)(=O)=O)cc1. The normalized spacial score (nSPS) is 11.2. The van der Waals surface area contributed by atoms with E-state index in [0.29, 0.717) is 12.2 Å². The molecule has 0 saturated carbocycles. The number of aryl methyl sites for hydroxylation is 2. The molecule has 2 aromatic carbocycles. The molecule has 0 saturated heterocycles. The second kappa shape index (κ2) is 8.16. The first-order valence-corrected chi connectivity index (χ1v) is 9.98. The van der Waals surface area contributed by atoms with Crippen molar-refractivity contribution in [2.24, 2.45) is 0 Å². The summed E-state index contributed by atoms with van der Waals surface area (Å²) >= 11 is 0. The van der Waals surface area contributed by atoms with Gasteiger partial charge in [-0.05, 0) is 31.0 Å². The van der Waals surface area contributed by atoms with E-state index < -0.39 is 10.0 Å². The molecular weight excluding hydrogens is 336 g/mol. The molecule has 1 N–H and O–H groups in total. The van der Waals surface area contributed by atoms with Gasteiger partial charge >= 0.3 is 0 Å². The zero-order valence-electron chi connectivity index (χ0n) is 14.8. The fourth-order valence-electron chi connectivity index (χ4n) is 2.51. The molecular formula is C19H24N2O3S. The largest absolute Gasteiger partial charge is 0.352 e. The van der Waals surface area contributed by atoms with Gasteiger partial charge in [0.2, 0.25) is 15.9 Å². The Morgan fingerprint density at radius 1 is 1.04 bits per heavy atom. The van der Waals surface area contributed by atoms with Crippen LogP contribution in [-0.2, 0) is 21.4 Å². The van der Waals surface area contributed by atoms with Gasteiger partial charge in [-0.15, -0.1) is 0 Å². The van der Waals surface area contributed by atoms with Crippen molar-refractivity contribution in [2.45, 2.75) is 26.8 Å². The van der Waals surface area contributed by atoms with Crippen LogP contribution in [-0.4, -0.2) is 27.1 Å². The van der Waals surface area contributed by atoms with Crippen molar-refractivity contribution in [3.05, 3.63) is 65.2 Å². The summed E-state index contributed by atoms with van der Waals surface area (Å²) in [4.78, 5) is 12.1. The lowest BCUT2D eigenvalue weighted by atomic mass is 10.1. The summed E-state index contributed by atoms with van der Waals surface area (Å²) in [6, 6.07) is 15.2. The van der Waals surface area contributed by atoms with E-state index in [1.165, 1.54) is 4.31 Å². The van der Waals surface area contributed by atoms with Crippen molar-refractivity contribution in [2.75, 3.05) is 17.1 Å². The van der Waals surface area contributed by atoms with E-state index >= 15 is 0 Å². The Balaban J connectivity index is 1.97. The molecule has 0 aliphatic carbocycles. The average molecular weight is 360 g/mol. The van der Waals surface area contributed by atoms with Gasteiger partial charge in [-0.3, -0.25) is 9.10 Å². The summed E-state index contributed by atoms with van der Waals surface area (Å²) in [5, 5.41) is 2.83. The van der Waals surface area contributed by atoms with Crippen LogP contribution >= 0.6 is 0 Å². The Morgan fingerprint density at radius 2 is 1.68 bits per heavy atom. The van der Waals surface area contributed by atoms with Gasteiger partial charge < -0.3 is 5.32 Å². The summed E-state index contributed by atoms with van der Waals surface area (Å²) < 4.78 is 25.5. The van der Waals surface area contributed by atoms with Gasteiger partial charge in [0.25, 0.3) is 0 Å². The summed E-state index contributed by atoms with van der Waals surface area (Å²) in [5.74, 6) is -0.178. The molecule has 0 aliphatic heterocycles. The molecule has 2 aromatic rings. The molecule has 0 radical (unpaired) electrons. The summed E-state index contributed by atoms with van der Waals surface area (Å²) in [5.41, 5.74) is 3.64. The maximum Gasteiger partial charge on any atom is 0.232 e. The van der Waals surface area contributed by atoms with Crippen LogP contribution in [0.15, 0.2) is 48.5 Å². The first-order valence-electron chi connectivity index (χ1n) is 8.13. The molecule has 0 fully saturated rings. The highest BCUT2D eigenvalue weighted by molar-refractivity contribution is 7.92. The number of nitrogens with zero attached hydrogens (tertiary/aromatic N) is 1. The quantitative estimate of drug-likeness (QED) is 0.826. The number of para-hydroxylation sites is 1. The molecule has 134 valence electrons. The van der Waals surface area contributed by atoms with E-state index in [-0.39, 0.29) is 18.9 Å². The molecule has 0 aromatic heterocycles. The van der Waals surface area contributed by atoms with Crippen LogP contribution in [0.3, 0.4) is 0 Å². The Bertz CT molecular complexity index is 830. The minimum atomic E-state index is -3.45. The predicted molar refractivity (Wildman–Crippen MR) is 101 cm³/mol. The number of hydrogen-bond donors (Lipinski definition) is 1. The molecule has 5 nitrogen and oxygen atoms in total. The second-order valence-corrected chi connectivity index (χ2v) is 8.04. The maximum absolute atomic E-state index is 12.1. The standard InChI is InChI=1S/C19H24N2O3S/c1-15-8-10-17(11-9-15)14-20-19(22)12-13-21(25(3,23)24)18-7-5-4-6-16(18)2/h4-11H,12-14H2,1-3H3,(H,20,22). The molecule has 0 heterocycles. The molecule has 0 unspecified atom stereocenters. The van der Waals surface area contributed by atoms with Crippen molar-refractivity contribution in [3.63, 3.8) is 0 Å².